The molecule has 5 heteroatoms. The summed E-state index contributed by atoms with van der Waals surface area (Å²) >= 11 is 0. The van der Waals surface area contributed by atoms with Crippen LogP contribution in [0.4, 0.5) is 0 Å². The van der Waals surface area contributed by atoms with Crippen LogP contribution in [0, 0.1) is 6.92 Å². The molecule has 116 valence electrons. The lowest BCUT2D eigenvalue weighted by Gasteiger charge is -2.23. The Kier molecular flexibility index (Phi) is 3.88. The van der Waals surface area contributed by atoms with Crippen LogP contribution in [0.15, 0.2) is 18.2 Å². The largest absolute Gasteiger partial charge is 0.459 e. The predicted octanol–water partition coefficient (Wildman–Crippen LogP) is 2.01. The smallest absolute Gasteiger partial charge is 0.396 e. The van der Waals surface area contributed by atoms with Crippen LogP contribution in [0.25, 0.3) is 10.9 Å². The normalized spacial score (nSPS) is 17.1. The van der Waals surface area contributed by atoms with E-state index in [1.54, 1.807) is 6.92 Å². The first-order chi connectivity index (χ1) is 10.6. The van der Waals surface area contributed by atoms with E-state index in [1.165, 1.54) is 22.2 Å². The number of aromatic amines is 1. The van der Waals surface area contributed by atoms with E-state index in [-0.39, 0.29) is 12.6 Å². The monoisotopic (exact) mass is 300 g/mol. The molecule has 3 rings (SSSR count). The molecule has 0 spiro atoms. The van der Waals surface area contributed by atoms with Gasteiger partial charge in [-0.05, 0) is 50.8 Å². The standard InChI is InChI=1S/C17H20N2O3/c1-3-22-17(21)16(20)18-11-5-7-15-13(9-11)12-8-10(2)4-6-14(12)19-15/h4,6,8,11,19H,3,5,7,9H2,1-2H3,(H,18,20)/t11-/m1/s1. The van der Waals surface area contributed by atoms with Crippen LogP contribution in [0.2, 0.25) is 0 Å². The lowest BCUT2D eigenvalue weighted by atomic mass is 9.91. The van der Waals surface area contributed by atoms with Gasteiger partial charge in [-0.25, -0.2) is 4.79 Å². The molecule has 0 saturated carbocycles. The van der Waals surface area contributed by atoms with Crippen molar-refractivity contribution in [1.29, 1.82) is 0 Å². The first-order valence-corrected chi connectivity index (χ1v) is 7.66. The summed E-state index contributed by atoms with van der Waals surface area (Å²) < 4.78 is 4.73. The van der Waals surface area contributed by atoms with Crippen molar-refractivity contribution in [3.63, 3.8) is 0 Å². The van der Waals surface area contributed by atoms with Crippen LogP contribution < -0.4 is 5.32 Å². The quantitative estimate of drug-likeness (QED) is 0.658. The van der Waals surface area contributed by atoms with Gasteiger partial charge in [-0.2, -0.15) is 0 Å². The number of aromatic nitrogens is 1. The number of hydrogen-bond acceptors (Lipinski definition) is 3. The number of amides is 1. The van der Waals surface area contributed by atoms with Gasteiger partial charge in [-0.3, -0.25) is 4.79 Å². The van der Waals surface area contributed by atoms with Crippen molar-refractivity contribution in [2.24, 2.45) is 0 Å². The molecule has 0 aliphatic heterocycles. The Hall–Kier alpha value is -2.30. The number of hydrogen-bond donors (Lipinski definition) is 2. The van der Waals surface area contributed by atoms with Gasteiger partial charge < -0.3 is 15.0 Å². The minimum atomic E-state index is -0.803. The van der Waals surface area contributed by atoms with E-state index in [0.717, 1.165) is 24.8 Å². The van der Waals surface area contributed by atoms with Crippen LogP contribution in [0.5, 0.6) is 0 Å². The van der Waals surface area contributed by atoms with Crippen molar-refractivity contribution in [3.8, 4) is 0 Å². The van der Waals surface area contributed by atoms with E-state index in [1.807, 2.05) is 0 Å². The molecule has 0 bridgehead atoms. The van der Waals surface area contributed by atoms with Gasteiger partial charge in [-0.15, -0.1) is 0 Å². The number of ether oxygens (including phenoxy) is 1. The average Bonchev–Trinajstić information content (AvgIpc) is 2.85. The first kappa shape index (κ1) is 14.6. The molecule has 1 aromatic carbocycles. The summed E-state index contributed by atoms with van der Waals surface area (Å²) in [6, 6.07) is 6.32. The van der Waals surface area contributed by atoms with E-state index in [4.69, 9.17) is 4.74 Å². The minimum Gasteiger partial charge on any atom is -0.459 e. The Bertz CT molecular complexity index is 733. The predicted molar refractivity (Wildman–Crippen MR) is 83.6 cm³/mol. The van der Waals surface area contributed by atoms with Gasteiger partial charge in [0.2, 0.25) is 0 Å². The maximum absolute atomic E-state index is 11.8. The summed E-state index contributed by atoms with van der Waals surface area (Å²) in [5.41, 5.74) is 4.83. The van der Waals surface area contributed by atoms with Crippen molar-refractivity contribution in [3.05, 3.63) is 35.0 Å². The highest BCUT2D eigenvalue weighted by Gasteiger charge is 2.26. The van der Waals surface area contributed by atoms with Crippen LogP contribution in [-0.2, 0) is 27.2 Å². The molecule has 5 nitrogen and oxygen atoms in total. The Balaban J connectivity index is 1.78. The fourth-order valence-corrected chi connectivity index (χ4v) is 3.10. The van der Waals surface area contributed by atoms with Crippen molar-refractivity contribution in [1.82, 2.24) is 10.3 Å². The molecule has 0 unspecified atom stereocenters. The highest BCUT2D eigenvalue weighted by Crippen LogP contribution is 2.29. The molecule has 0 saturated heterocycles. The highest BCUT2D eigenvalue weighted by molar-refractivity contribution is 6.32. The fraction of sp³-hybridized carbons (Fsp3) is 0.412. The number of nitrogens with one attached hydrogen (secondary N) is 2. The number of aryl methyl sites for hydroxylation is 2. The number of fused-ring (bicyclic) bond motifs is 3. The van der Waals surface area contributed by atoms with E-state index < -0.39 is 11.9 Å². The minimum absolute atomic E-state index is 0.0241. The molecule has 1 aliphatic rings. The Morgan fingerprint density at radius 1 is 1.41 bits per heavy atom. The van der Waals surface area contributed by atoms with Gasteiger partial charge in [0.05, 0.1) is 6.61 Å². The topological polar surface area (TPSA) is 71.2 Å². The molecule has 2 aromatic rings. The second-order valence-corrected chi connectivity index (χ2v) is 5.76. The maximum atomic E-state index is 11.8. The lowest BCUT2D eigenvalue weighted by molar-refractivity contribution is -0.154. The zero-order valence-corrected chi connectivity index (χ0v) is 12.9. The lowest BCUT2D eigenvalue weighted by Crippen LogP contribution is -2.42. The number of rotatable bonds is 2. The summed E-state index contributed by atoms with van der Waals surface area (Å²) in [4.78, 5) is 26.7. The second kappa shape index (κ2) is 5.83. The van der Waals surface area contributed by atoms with E-state index in [2.05, 4.69) is 35.4 Å². The first-order valence-electron chi connectivity index (χ1n) is 7.66. The molecule has 2 N–H and O–H groups in total. The molecular formula is C17H20N2O3. The van der Waals surface area contributed by atoms with E-state index in [0.29, 0.717) is 0 Å². The third-order valence-corrected chi connectivity index (χ3v) is 4.14. The summed E-state index contributed by atoms with van der Waals surface area (Å²) in [6.07, 6.45) is 2.44. The summed E-state index contributed by atoms with van der Waals surface area (Å²) in [7, 11) is 0. The van der Waals surface area contributed by atoms with Crippen molar-refractivity contribution < 1.29 is 14.3 Å². The Labute approximate surface area is 129 Å². The van der Waals surface area contributed by atoms with Gasteiger partial charge in [0.15, 0.2) is 0 Å². The van der Waals surface area contributed by atoms with Gasteiger partial charge >= 0.3 is 11.9 Å². The number of benzene rings is 1. The van der Waals surface area contributed by atoms with Crippen LogP contribution in [0.1, 0.15) is 30.2 Å². The molecule has 1 amide bonds. The third kappa shape index (κ3) is 2.71. The van der Waals surface area contributed by atoms with Gasteiger partial charge in [0.1, 0.15) is 0 Å². The molecule has 1 aliphatic carbocycles. The van der Waals surface area contributed by atoms with Crippen molar-refractivity contribution >= 4 is 22.8 Å². The molecule has 1 heterocycles. The van der Waals surface area contributed by atoms with Crippen molar-refractivity contribution in [2.75, 3.05) is 6.61 Å². The highest BCUT2D eigenvalue weighted by atomic mass is 16.5. The second-order valence-electron chi connectivity index (χ2n) is 5.76. The molecule has 0 radical (unpaired) electrons. The Morgan fingerprint density at radius 3 is 3.00 bits per heavy atom. The average molecular weight is 300 g/mol. The van der Waals surface area contributed by atoms with Gasteiger partial charge in [0, 0.05) is 22.6 Å². The zero-order valence-electron chi connectivity index (χ0n) is 12.9. The summed E-state index contributed by atoms with van der Waals surface area (Å²) in [5, 5.41) is 4.00. The molecule has 22 heavy (non-hydrogen) atoms. The number of carbonyl (C=O) groups is 2. The number of H-pyrrole nitrogens is 1. The summed E-state index contributed by atoms with van der Waals surface area (Å²) in [6.45, 7) is 3.97. The van der Waals surface area contributed by atoms with E-state index in [9.17, 15) is 9.59 Å². The third-order valence-electron chi connectivity index (χ3n) is 4.14. The van der Waals surface area contributed by atoms with Crippen molar-refractivity contribution in [2.45, 2.75) is 39.2 Å². The van der Waals surface area contributed by atoms with Crippen LogP contribution in [-0.4, -0.2) is 29.5 Å². The van der Waals surface area contributed by atoms with Crippen LogP contribution >= 0.6 is 0 Å². The molecule has 1 atom stereocenters. The molecule has 0 fully saturated rings. The Morgan fingerprint density at radius 2 is 2.23 bits per heavy atom. The molecular weight excluding hydrogens is 280 g/mol. The van der Waals surface area contributed by atoms with E-state index >= 15 is 0 Å². The number of esters is 1. The molecule has 1 aromatic heterocycles. The zero-order chi connectivity index (χ0) is 15.7. The van der Waals surface area contributed by atoms with Gasteiger partial charge in [-0.1, -0.05) is 11.6 Å². The van der Waals surface area contributed by atoms with Gasteiger partial charge in [0.25, 0.3) is 0 Å². The maximum Gasteiger partial charge on any atom is 0.396 e. The number of carbonyl (C=O) groups excluding carboxylic acids is 2. The van der Waals surface area contributed by atoms with Crippen LogP contribution in [0.3, 0.4) is 0 Å². The summed E-state index contributed by atoms with van der Waals surface area (Å²) in [5.74, 6) is -1.45. The SMILES string of the molecule is CCOC(=O)C(=O)N[C@@H]1CCc2[nH]c3ccc(C)cc3c2C1. The fourth-order valence-electron chi connectivity index (χ4n) is 3.10.